The summed E-state index contributed by atoms with van der Waals surface area (Å²) in [4.78, 5) is 16.9. The van der Waals surface area contributed by atoms with E-state index in [9.17, 15) is 5.11 Å². The molecule has 0 spiro atoms. The van der Waals surface area contributed by atoms with Gasteiger partial charge in [0, 0.05) is 17.6 Å². The van der Waals surface area contributed by atoms with Gasteiger partial charge in [0.2, 0.25) is 11.8 Å². The van der Waals surface area contributed by atoms with Crippen LogP contribution in [0.5, 0.6) is 11.5 Å². The first kappa shape index (κ1) is 14.8. The number of nitrogens with zero attached hydrogens (tertiary/aromatic N) is 6. The third-order valence-electron chi connectivity index (χ3n) is 3.64. The third kappa shape index (κ3) is 2.47. The molecule has 4 aromatic rings. The molecule has 3 aromatic heterocycles. The van der Waals surface area contributed by atoms with E-state index in [4.69, 9.17) is 10.5 Å². The van der Waals surface area contributed by atoms with Crippen molar-refractivity contribution in [2.75, 3.05) is 12.8 Å². The fourth-order valence-electron chi connectivity index (χ4n) is 2.47. The quantitative estimate of drug-likeness (QED) is 0.578. The van der Waals surface area contributed by atoms with Crippen molar-refractivity contribution in [2.24, 2.45) is 0 Å². The van der Waals surface area contributed by atoms with Crippen LogP contribution in [0.4, 0.5) is 5.95 Å². The molecule has 1 aromatic carbocycles. The Morgan fingerprint density at radius 3 is 2.80 bits per heavy atom. The van der Waals surface area contributed by atoms with Crippen LogP contribution < -0.4 is 10.5 Å². The van der Waals surface area contributed by atoms with Crippen molar-refractivity contribution in [1.29, 1.82) is 0 Å². The summed E-state index contributed by atoms with van der Waals surface area (Å²) >= 11 is 0. The van der Waals surface area contributed by atoms with Crippen molar-refractivity contribution in [1.82, 2.24) is 29.7 Å². The number of anilines is 1. The van der Waals surface area contributed by atoms with Crippen molar-refractivity contribution in [2.45, 2.75) is 0 Å². The number of nitrogens with two attached hydrogens (primary N) is 1. The molecule has 124 valence electrons. The number of hydrogen-bond acceptors (Lipinski definition) is 8. The SMILES string of the molecule is COc1cc2c(-n3nc(-c4ccccn4)nc3N)ncnc2cc1O. The smallest absolute Gasteiger partial charge is 0.225 e. The van der Waals surface area contributed by atoms with Crippen LogP contribution in [0, 0.1) is 0 Å². The van der Waals surface area contributed by atoms with E-state index in [0.29, 0.717) is 34.0 Å². The number of aromatic nitrogens is 6. The van der Waals surface area contributed by atoms with E-state index in [1.165, 1.54) is 24.2 Å². The number of hydrogen-bond donors (Lipinski definition) is 2. The molecule has 9 heteroatoms. The molecule has 3 N–H and O–H groups in total. The second kappa shape index (κ2) is 5.71. The molecule has 0 aliphatic carbocycles. The van der Waals surface area contributed by atoms with E-state index in [0.717, 1.165) is 0 Å². The number of pyridine rings is 1. The van der Waals surface area contributed by atoms with Crippen molar-refractivity contribution >= 4 is 16.9 Å². The van der Waals surface area contributed by atoms with Gasteiger partial charge in [-0.05, 0) is 18.2 Å². The number of aromatic hydroxyl groups is 1. The van der Waals surface area contributed by atoms with Gasteiger partial charge in [0.25, 0.3) is 0 Å². The van der Waals surface area contributed by atoms with Crippen LogP contribution in [0.25, 0.3) is 28.2 Å². The molecular weight excluding hydrogens is 322 g/mol. The molecule has 9 nitrogen and oxygen atoms in total. The Kier molecular flexibility index (Phi) is 3.38. The highest BCUT2D eigenvalue weighted by Gasteiger charge is 2.16. The summed E-state index contributed by atoms with van der Waals surface area (Å²) in [5.41, 5.74) is 7.15. The summed E-state index contributed by atoms with van der Waals surface area (Å²) in [6, 6.07) is 8.55. The first-order valence-electron chi connectivity index (χ1n) is 7.33. The van der Waals surface area contributed by atoms with Gasteiger partial charge in [0.15, 0.2) is 17.3 Å². The summed E-state index contributed by atoms with van der Waals surface area (Å²) < 4.78 is 6.56. The minimum Gasteiger partial charge on any atom is -0.504 e. The molecular formula is C16H13N7O2. The van der Waals surface area contributed by atoms with Crippen molar-refractivity contribution in [3.8, 4) is 28.8 Å². The van der Waals surface area contributed by atoms with E-state index < -0.39 is 0 Å². The Labute approximate surface area is 141 Å². The maximum atomic E-state index is 9.92. The Morgan fingerprint density at radius 1 is 1.16 bits per heavy atom. The Balaban J connectivity index is 1.92. The lowest BCUT2D eigenvalue weighted by Gasteiger charge is -2.08. The fraction of sp³-hybridized carbons (Fsp3) is 0.0625. The van der Waals surface area contributed by atoms with Crippen molar-refractivity contribution in [3.05, 3.63) is 42.9 Å². The van der Waals surface area contributed by atoms with E-state index in [1.54, 1.807) is 24.4 Å². The zero-order chi connectivity index (χ0) is 17.4. The van der Waals surface area contributed by atoms with Gasteiger partial charge in [-0.2, -0.15) is 9.67 Å². The van der Waals surface area contributed by atoms with Gasteiger partial charge in [0.05, 0.1) is 12.6 Å². The Bertz CT molecular complexity index is 1060. The van der Waals surface area contributed by atoms with Crippen LogP contribution in [-0.2, 0) is 0 Å². The first-order valence-corrected chi connectivity index (χ1v) is 7.33. The lowest BCUT2D eigenvalue weighted by molar-refractivity contribution is 0.374. The monoisotopic (exact) mass is 335 g/mol. The number of methoxy groups -OCH3 is 1. The minimum atomic E-state index is -0.0135. The molecule has 0 radical (unpaired) electrons. The van der Waals surface area contributed by atoms with E-state index >= 15 is 0 Å². The molecule has 0 bridgehead atoms. The number of benzene rings is 1. The first-order chi connectivity index (χ1) is 12.2. The van der Waals surface area contributed by atoms with E-state index in [-0.39, 0.29) is 11.7 Å². The van der Waals surface area contributed by atoms with E-state index in [1.807, 2.05) is 6.07 Å². The number of nitrogen functional groups attached to an aromatic ring is 1. The molecule has 3 heterocycles. The molecule has 4 rings (SSSR count). The zero-order valence-electron chi connectivity index (χ0n) is 13.2. The molecule has 0 saturated heterocycles. The fourth-order valence-corrected chi connectivity index (χ4v) is 2.47. The summed E-state index contributed by atoms with van der Waals surface area (Å²) in [6.45, 7) is 0. The number of ether oxygens (including phenoxy) is 1. The van der Waals surface area contributed by atoms with Gasteiger partial charge in [0.1, 0.15) is 12.0 Å². The molecule has 0 aliphatic heterocycles. The van der Waals surface area contributed by atoms with Gasteiger partial charge in [-0.1, -0.05) is 6.07 Å². The van der Waals surface area contributed by atoms with Crippen LogP contribution >= 0.6 is 0 Å². The molecule has 0 atom stereocenters. The van der Waals surface area contributed by atoms with Gasteiger partial charge in [-0.25, -0.2) is 9.97 Å². The van der Waals surface area contributed by atoms with Crippen LogP contribution in [0.2, 0.25) is 0 Å². The zero-order valence-corrected chi connectivity index (χ0v) is 13.2. The predicted octanol–water partition coefficient (Wildman–Crippen LogP) is 1.57. The number of rotatable bonds is 3. The number of fused-ring (bicyclic) bond motifs is 1. The highest BCUT2D eigenvalue weighted by Crippen LogP contribution is 2.32. The predicted molar refractivity (Wildman–Crippen MR) is 90.3 cm³/mol. The minimum absolute atomic E-state index is 0.0135. The topological polar surface area (TPSA) is 125 Å². The van der Waals surface area contributed by atoms with Gasteiger partial charge in [-0.3, -0.25) is 4.98 Å². The van der Waals surface area contributed by atoms with Gasteiger partial charge >= 0.3 is 0 Å². The van der Waals surface area contributed by atoms with Crippen LogP contribution in [0.15, 0.2) is 42.9 Å². The second-order valence-electron chi connectivity index (χ2n) is 5.16. The molecule has 0 amide bonds. The van der Waals surface area contributed by atoms with Crippen LogP contribution in [0.1, 0.15) is 0 Å². The maximum Gasteiger partial charge on any atom is 0.225 e. The Hall–Kier alpha value is -3.75. The van der Waals surface area contributed by atoms with Gasteiger partial charge in [-0.15, -0.1) is 5.10 Å². The number of phenols is 1. The molecule has 0 aliphatic rings. The largest absolute Gasteiger partial charge is 0.504 e. The summed E-state index contributed by atoms with van der Waals surface area (Å²) in [7, 11) is 1.47. The third-order valence-corrected chi connectivity index (χ3v) is 3.64. The highest BCUT2D eigenvalue weighted by molar-refractivity contribution is 5.88. The van der Waals surface area contributed by atoms with E-state index in [2.05, 4.69) is 25.0 Å². The summed E-state index contributed by atoms with van der Waals surface area (Å²) in [5.74, 6) is 1.26. The molecule has 0 unspecified atom stereocenters. The van der Waals surface area contributed by atoms with Crippen molar-refractivity contribution < 1.29 is 9.84 Å². The molecule has 0 fully saturated rings. The second-order valence-corrected chi connectivity index (χ2v) is 5.16. The molecule has 25 heavy (non-hydrogen) atoms. The lowest BCUT2D eigenvalue weighted by Crippen LogP contribution is -2.06. The van der Waals surface area contributed by atoms with Crippen LogP contribution in [-0.4, -0.2) is 41.9 Å². The Morgan fingerprint density at radius 2 is 2.04 bits per heavy atom. The standard InChI is InChI=1S/C16H13N7O2/c1-25-13-6-9-11(7-12(13)24)19-8-20-15(9)23-16(17)21-14(22-23)10-4-2-3-5-18-10/h2-8,24H,1H3,(H2,17,21,22). The number of phenolic OH excluding ortho intramolecular Hbond substituents is 1. The van der Waals surface area contributed by atoms with Crippen LogP contribution in [0.3, 0.4) is 0 Å². The average Bonchev–Trinajstić information content (AvgIpc) is 3.03. The van der Waals surface area contributed by atoms with Crippen molar-refractivity contribution in [3.63, 3.8) is 0 Å². The molecule has 0 saturated carbocycles. The normalized spacial score (nSPS) is 10.9. The average molecular weight is 335 g/mol. The maximum absolute atomic E-state index is 9.92. The van der Waals surface area contributed by atoms with Gasteiger partial charge < -0.3 is 15.6 Å². The highest BCUT2D eigenvalue weighted by atomic mass is 16.5. The summed E-state index contributed by atoms with van der Waals surface area (Å²) in [5, 5.41) is 14.9. The summed E-state index contributed by atoms with van der Waals surface area (Å²) in [6.07, 6.45) is 3.02. The lowest BCUT2D eigenvalue weighted by atomic mass is 10.2.